The van der Waals surface area contributed by atoms with Crippen LogP contribution in [0.4, 0.5) is 5.69 Å². The predicted octanol–water partition coefficient (Wildman–Crippen LogP) is 1.08. The summed E-state index contributed by atoms with van der Waals surface area (Å²) in [5.41, 5.74) is 7.45. The van der Waals surface area contributed by atoms with Crippen LogP contribution >= 0.6 is 0 Å². The molecule has 1 aromatic carbocycles. The summed E-state index contributed by atoms with van der Waals surface area (Å²) in [5, 5.41) is 11.9. The van der Waals surface area contributed by atoms with Crippen molar-refractivity contribution in [2.45, 2.75) is 13.3 Å². The number of hydrogen-bond donors (Lipinski definition) is 3. The molecule has 15 heavy (non-hydrogen) atoms. The van der Waals surface area contributed by atoms with Gasteiger partial charge in [-0.25, -0.2) is 0 Å². The second-order valence-corrected chi connectivity index (χ2v) is 3.32. The van der Waals surface area contributed by atoms with Crippen molar-refractivity contribution in [3.8, 4) is 5.75 Å². The van der Waals surface area contributed by atoms with Crippen molar-refractivity contribution in [1.82, 2.24) is 0 Å². The Morgan fingerprint density at radius 3 is 2.87 bits per heavy atom. The number of aryl methyl sites for hydroxylation is 1. The van der Waals surface area contributed by atoms with E-state index in [9.17, 15) is 0 Å². The van der Waals surface area contributed by atoms with Crippen LogP contribution in [0.1, 0.15) is 12.0 Å². The summed E-state index contributed by atoms with van der Waals surface area (Å²) in [6.45, 7) is 3.22. The molecule has 0 radical (unpaired) electrons. The third kappa shape index (κ3) is 3.77. The van der Waals surface area contributed by atoms with Crippen LogP contribution < -0.4 is 15.8 Å². The first-order valence-electron chi connectivity index (χ1n) is 5.06. The molecule has 4 N–H and O–H groups in total. The van der Waals surface area contributed by atoms with E-state index in [1.165, 1.54) is 0 Å². The number of anilines is 1. The molecule has 1 rings (SSSR count). The van der Waals surface area contributed by atoms with Crippen LogP contribution in [0.2, 0.25) is 0 Å². The normalized spacial score (nSPS) is 10.1. The second kappa shape index (κ2) is 6.27. The average Bonchev–Trinajstić information content (AvgIpc) is 2.23. The minimum absolute atomic E-state index is 0.291. The first-order valence-corrected chi connectivity index (χ1v) is 5.06. The molecule has 0 unspecified atom stereocenters. The van der Waals surface area contributed by atoms with Crippen molar-refractivity contribution in [1.29, 1.82) is 0 Å². The van der Waals surface area contributed by atoms with Crippen LogP contribution in [0.25, 0.3) is 0 Å². The van der Waals surface area contributed by atoms with E-state index in [-0.39, 0.29) is 6.79 Å². The summed E-state index contributed by atoms with van der Waals surface area (Å²) in [5.74, 6) is 0.710. The average molecular weight is 210 g/mol. The van der Waals surface area contributed by atoms with Gasteiger partial charge in [0.2, 0.25) is 0 Å². The van der Waals surface area contributed by atoms with Gasteiger partial charge in [-0.3, -0.25) is 0 Å². The first-order chi connectivity index (χ1) is 7.27. The van der Waals surface area contributed by atoms with Gasteiger partial charge in [0.1, 0.15) is 5.75 Å². The van der Waals surface area contributed by atoms with E-state index in [0.29, 0.717) is 12.3 Å². The van der Waals surface area contributed by atoms with Gasteiger partial charge >= 0.3 is 0 Å². The molecule has 0 saturated heterocycles. The maximum Gasteiger partial charge on any atom is 0.186 e. The van der Waals surface area contributed by atoms with Crippen LogP contribution in [0.5, 0.6) is 5.75 Å². The highest BCUT2D eigenvalue weighted by Gasteiger charge is 1.99. The maximum atomic E-state index is 8.64. The lowest BCUT2D eigenvalue weighted by Crippen LogP contribution is -2.08. The first kappa shape index (κ1) is 11.8. The maximum absolute atomic E-state index is 8.64. The lowest BCUT2D eigenvalue weighted by molar-refractivity contribution is 0.0979. The standard InChI is InChI=1S/C11H18N2O2/c1-9-7-10(13-6-2-5-12)3-4-11(9)15-8-14/h3-4,7,13-14H,2,5-6,8,12H2,1H3. The molecule has 1 aromatic rings. The number of rotatable bonds is 6. The summed E-state index contributed by atoms with van der Waals surface area (Å²) in [6.07, 6.45) is 0.952. The number of nitrogens with one attached hydrogen (secondary N) is 1. The van der Waals surface area contributed by atoms with E-state index in [4.69, 9.17) is 15.6 Å². The monoisotopic (exact) mass is 210 g/mol. The fourth-order valence-corrected chi connectivity index (χ4v) is 1.33. The van der Waals surface area contributed by atoms with Crippen LogP contribution in [0.15, 0.2) is 18.2 Å². The Kier molecular flexibility index (Phi) is 4.93. The number of benzene rings is 1. The molecule has 0 fully saturated rings. The molecular formula is C11H18N2O2. The quantitative estimate of drug-likeness (QED) is 0.485. The molecule has 4 nitrogen and oxygen atoms in total. The van der Waals surface area contributed by atoms with Gasteiger partial charge in [0.15, 0.2) is 6.79 Å². The summed E-state index contributed by atoms with van der Waals surface area (Å²) >= 11 is 0. The van der Waals surface area contributed by atoms with E-state index in [2.05, 4.69) is 5.32 Å². The van der Waals surface area contributed by atoms with E-state index in [0.717, 1.165) is 24.2 Å². The van der Waals surface area contributed by atoms with Crippen molar-refractivity contribution in [2.24, 2.45) is 5.73 Å². The number of hydrogen-bond acceptors (Lipinski definition) is 4. The van der Waals surface area contributed by atoms with Crippen molar-refractivity contribution < 1.29 is 9.84 Å². The third-order valence-electron chi connectivity index (χ3n) is 2.11. The Labute approximate surface area is 90.1 Å². The molecule has 0 aliphatic rings. The molecule has 84 valence electrons. The number of ether oxygens (including phenoxy) is 1. The molecule has 0 spiro atoms. The number of aliphatic hydroxyl groups is 1. The minimum atomic E-state index is -0.291. The van der Waals surface area contributed by atoms with Crippen molar-refractivity contribution >= 4 is 5.69 Å². The smallest absolute Gasteiger partial charge is 0.186 e. The number of nitrogens with two attached hydrogens (primary N) is 1. The zero-order valence-electron chi connectivity index (χ0n) is 8.99. The second-order valence-electron chi connectivity index (χ2n) is 3.32. The Balaban J connectivity index is 2.56. The fourth-order valence-electron chi connectivity index (χ4n) is 1.33. The van der Waals surface area contributed by atoms with Gasteiger partial charge in [0.25, 0.3) is 0 Å². The van der Waals surface area contributed by atoms with E-state index >= 15 is 0 Å². The van der Waals surface area contributed by atoms with Crippen molar-refractivity contribution in [3.63, 3.8) is 0 Å². The zero-order valence-corrected chi connectivity index (χ0v) is 8.99. The summed E-state index contributed by atoms with van der Waals surface area (Å²) in [7, 11) is 0. The van der Waals surface area contributed by atoms with Crippen LogP contribution in [-0.2, 0) is 0 Å². The molecule has 0 atom stereocenters. The summed E-state index contributed by atoms with van der Waals surface area (Å²) < 4.78 is 5.03. The Morgan fingerprint density at radius 2 is 2.27 bits per heavy atom. The largest absolute Gasteiger partial charge is 0.467 e. The van der Waals surface area contributed by atoms with Gasteiger partial charge in [-0.05, 0) is 43.7 Å². The SMILES string of the molecule is Cc1cc(NCCCN)ccc1OCO. The van der Waals surface area contributed by atoms with Gasteiger partial charge < -0.3 is 20.9 Å². The molecule has 0 heterocycles. The zero-order chi connectivity index (χ0) is 11.1. The molecule has 0 aromatic heterocycles. The van der Waals surface area contributed by atoms with Gasteiger partial charge in [-0.2, -0.15) is 0 Å². The molecule has 0 aliphatic carbocycles. The van der Waals surface area contributed by atoms with Gasteiger partial charge in [-0.15, -0.1) is 0 Å². The van der Waals surface area contributed by atoms with Gasteiger partial charge in [0.05, 0.1) is 0 Å². The fraction of sp³-hybridized carbons (Fsp3) is 0.455. The highest BCUT2D eigenvalue weighted by Crippen LogP contribution is 2.21. The van der Waals surface area contributed by atoms with Crippen LogP contribution in [0.3, 0.4) is 0 Å². The van der Waals surface area contributed by atoms with Gasteiger partial charge in [-0.1, -0.05) is 0 Å². The van der Waals surface area contributed by atoms with Crippen molar-refractivity contribution in [3.05, 3.63) is 23.8 Å². The lowest BCUT2D eigenvalue weighted by Gasteiger charge is -2.10. The van der Waals surface area contributed by atoms with Crippen molar-refractivity contribution in [2.75, 3.05) is 25.2 Å². The van der Waals surface area contributed by atoms with Crippen LogP contribution in [0, 0.1) is 6.92 Å². The molecule has 0 aliphatic heterocycles. The molecular weight excluding hydrogens is 192 g/mol. The predicted molar refractivity (Wildman–Crippen MR) is 61.1 cm³/mol. The van der Waals surface area contributed by atoms with Gasteiger partial charge in [0, 0.05) is 12.2 Å². The molecule has 4 heteroatoms. The Morgan fingerprint density at radius 1 is 1.47 bits per heavy atom. The lowest BCUT2D eigenvalue weighted by atomic mass is 10.2. The Hall–Kier alpha value is -1.26. The summed E-state index contributed by atoms with van der Waals surface area (Å²) in [6, 6.07) is 5.76. The van der Waals surface area contributed by atoms with E-state index in [1.807, 2.05) is 25.1 Å². The van der Waals surface area contributed by atoms with E-state index < -0.39 is 0 Å². The number of aliphatic hydroxyl groups excluding tert-OH is 1. The van der Waals surface area contributed by atoms with E-state index in [1.54, 1.807) is 0 Å². The molecule has 0 bridgehead atoms. The highest BCUT2D eigenvalue weighted by molar-refractivity contribution is 5.50. The minimum Gasteiger partial charge on any atom is -0.467 e. The topological polar surface area (TPSA) is 67.5 Å². The highest BCUT2D eigenvalue weighted by atomic mass is 16.6. The Bertz CT molecular complexity index is 303. The molecule has 0 saturated carbocycles. The van der Waals surface area contributed by atoms with Crippen LogP contribution in [-0.4, -0.2) is 25.0 Å². The molecule has 0 amide bonds. The summed E-state index contributed by atoms with van der Waals surface area (Å²) in [4.78, 5) is 0. The third-order valence-corrected chi connectivity index (χ3v) is 2.11.